The third-order valence-electron chi connectivity index (χ3n) is 10.7. The number of aromatic hydroxyl groups is 5. The first kappa shape index (κ1) is 39.3. The third kappa shape index (κ3) is 6.90. The normalized spacial score (nSPS) is 31.6. The zero-order valence-corrected chi connectivity index (χ0v) is 29.4. The van der Waals surface area contributed by atoms with Crippen LogP contribution in [-0.2, 0) is 9.47 Å². The number of phenolic OH excluding ortho intramolecular Hbond substituents is 5. The molecule has 2 fully saturated rings. The Balaban J connectivity index is 1.44. The second-order valence-corrected chi connectivity index (χ2v) is 14.1. The van der Waals surface area contributed by atoms with Gasteiger partial charge in [-0.15, -0.1) is 0 Å². The fraction of sp³-hybridized carbons (Fsp3) is 0.350. The van der Waals surface area contributed by atoms with Crippen LogP contribution in [0.4, 0.5) is 0 Å². The number of phenols is 5. The molecule has 4 aromatic rings. The fourth-order valence-electron chi connectivity index (χ4n) is 7.74. The highest BCUT2D eigenvalue weighted by molar-refractivity contribution is 5.77. The van der Waals surface area contributed by atoms with E-state index in [0.29, 0.717) is 22.3 Å². The van der Waals surface area contributed by atoms with E-state index in [0.717, 1.165) is 0 Å². The molecule has 0 aromatic heterocycles. The first-order chi connectivity index (χ1) is 26.7. The lowest BCUT2D eigenvalue weighted by molar-refractivity contribution is -0.232. The minimum absolute atomic E-state index is 0.0292. The van der Waals surface area contributed by atoms with Crippen LogP contribution in [0, 0.1) is 0 Å². The van der Waals surface area contributed by atoms with Crippen molar-refractivity contribution in [2.75, 3.05) is 13.2 Å². The van der Waals surface area contributed by atoms with E-state index < -0.39 is 104 Å². The molecule has 16 heteroatoms. The van der Waals surface area contributed by atoms with Crippen molar-refractivity contribution in [3.05, 3.63) is 106 Å². The largest absolute Gasteiger partial charge is 0.508 e. The van der Waals surface area contributed by atoms with Crippen LogP contribution in [0.25, 0.3) is 12.2 Å². The molecule has 12 atom stereocenters. The Hall–Kier alpha value is -4.98. The molecule has 3 heterocycles. The molecule has 56 heavy (non-hydrogen) atoms. The van der Waals surface area contributed by atoms with Gasteiger partial charge in [-0.2, -0.15) is 0 Å². The molecule has 3 aliphatic rings. The Bertz CT molecular complexity index is 2040. The summed E-state index contributed by atoms with van der Waals surface area (Å²) in [6, 6.07) is 16.0. The molecule has 0 aliphatic carbocycles. The first-order valence-electron chi connectivity index (χ1n) is 17.7. The highest BCUT2D eigenvalue weighted by atomic mass is 16.6. The molecule has 0 bridgehead atoms. The number of aliphatic hydroxyl groups excluding tert-OH is 8. The number of fused-ring (bicyclic) bond motifs is 1. The number of aliphatic hydroxyl groups is 8. The van der Waals surface area contributed by atoms with Crippen LogP contribution in [0.1, 0.15) is 63.2 Å². The molecule has 0 spiro atoms. The van der Waals surface area contributed by atoms with Crippen LogP contribution in [0.5, 0.6) is 34.5 Å². The maximum atomic E-state index is 11.6. The van der Waals surface area contributed by atoms with Gasteiger partial charge in [0.2, 0.25) is 0 Å². The predicted molar refractivity (Wildman–Crippen MR) is 194 cm³/mol. The van der Waals surface area contributed by atoms with Crippen molar-refractivity contribution in [3.63, 3.8) is 0 Å². The quantitative estimate of drug-likeness (QED) is 0.110. The Morgan fingerprint density at radius 1 is 0.482 bits per heavy atom. The van der Waals surface area contributed by atoms with Crippen molar-refractivity contribution in [3.8, 4) is 34.5 Å². The lowest BCUT2D eigenvalue weighted by Crippen LogP contribution is -2.55. The van der Waals surface area contributed by atoms with Gasteiger partial charge in [0.25, 0.3) is 0 Å². The van der Waals surface area contributed by atoms with E-state index in [-0.39, 0.29) is 33.9 Å². The molecule has 16 nitrogen and oxygen atoms in total. The highest BCUT2D eigenvalue weighted by Crippen LogP contribution is 2.58. The minimum atomic E-state index is -1.84. The maximum Gasteiger partial charge on any atom is 0.135 e. The Morgan fingerprint density at radius 3 is 1.48 bits per heavy atom. The summed E-state index contributed by atoms with van der Waals surface area (Å²) in [6.45, 7) is -1.51. The van der Waals surface area contributed by atoms with Crippen molar-refractivity contribution in [1.82, 2.24) is 0 Å². The predicted octanol–water partition coefficient (Wildman–Crippen LogP) is 0.680. The molecule has 2 saturated heterocycles. The summed E-state index contributed by atoms with van der Waals surface area (Å²) < 4.78 is 18.1. The Kier molecular flexibility index (Phi) is 10.9. The number of rotatable bonds is 8. The van der Waals surface area contributed by atoms with Crippen molar-refractivity contribution < 1.29 is 80.6 Å². The standard InChI is InChI=1S/C40H42O16/c41-14-25-31(48)33(50)35(52)39(54-25)29-22(45)12-19(13-23(29)46)28-27-18(4-1-16-2-7-20(43)8-3-16)11-24(47)30(40-36(53)34(51)32(49)26(15-42)55-40)38(27)56-37(28)17-5-9-21(44)10-6-17/h1-13,25-26,28,31-37,39-53H,14-15H2/b4-1+/t25-,26-,28-,31-,32-,33+,34+,35-,36-,37+,39+,40+/m1/s1. The van der Waals surface area contributed by atoms with E-state index in [1.54, 1.807) is 36.4 Å². The second kappa shape index (κ2) is 15.5. The Morgan fingerprint density at radius 2 is 0.964 bits per heavy atom. The van der Waals surface area contributed by atoms with Gasteiger partial charge < -0.3 is 80.6 Å². The molecule has 0 radical (unpaired) electrons. The third-order valence-corrected chi connectivity index (χ3v) is 10.7. The Labute approximate surface area is 318 Å². The van der Waals surface area contributed by atoms with Gasteiger partial charge in [0.05, 0.1) is 30.3 Å². The topological polar surface area (TPSA) is 291 Å². The van der Waals surface area contributed by atoms with Crippen LogP contribution < -0.4 is 4.74 Å². The summed E-state index contributed by atoms with van der Waals surface area (Å²) in [6.07, 6.45) is -14.3. The van der Waals surface area contributed by atoms with Crippen molar-refractivity contribution in [2.24, 2.45) is 0 Å². The fourth-order valence-corrected chi connectivity index (χ4v) is 7.74. The number of hydrogen-bond acceptors (Lipinski definition) is 16. The minimum Gasteiger partial charge on any atom is -0.508 e. The molecule has 0 saturated carbocycles. The molecular weight excluding hydrogens is 736 g/mol. The van der Waals surface area contributed by atoms with Crippen molar-refractivity contribution in [1.29, 1.82) is 0 Å². The van der Waals surface area contributed by atoms with Crippen LogP contribution >= 0.6 is 0 Å². The molecule has 7 rings (SSSR count). The van der Waals surface area contributed by atoms with Gasteiger partial charge in [-0.1, -0.05) is 36.4 Å². The summed E-state index contributed by atoms with van der Waals surface area (Å²) >= 11 is 0. The van der Waals surface area contributed by atoms with Gasteiger partial charge in [-0.3, -0.25) is 0 Å². The van der Waals surface area contributed by atoms with E-state index in [1.165, 1.54) is 42.5 Å². The maximum absolute atomic E-state index is 11.6. The van der Waals surface area contributed by atoms with E-state index in [1.807, 2.05) is 0 Å². The van der Waals surface area contributed by atoms with Crippen LogP contribution in [0.15, 0.2) is 66.7 Å². The van der Waals surface area contributed by atoms with Gasteiger partial charge in [-0.25, -0.2) is 0 Å². The van der Waals surface area contributed by atoms with Gasteiger partial charge in [0, 0.05) is 5.56 Å². The first-order valence-corrected chi connectivity index (χ1v) is 17.7. The van der Waals surface area contributed by atoms with Gasteiger partial charge in [0.1, 0.15) is 102 Å². The second-order valence-electron chi connectivity index (χ2n) is 14.1. The zero-order chi connectivity index (χ0) is 40.2. The molecule has 13 N–H and O–H groups in total. The monoisotopic (exact) mass is 778 g/mol. The molecule has 3 aliphatic heterocycles. The highest BCUT2D eigenvalue weighted by Gasteiger charge is 2.50. The van der Waals surface area contributed by atoms with E-state index in [2.05, 4.69) is 0 Å². The van der Waals surface area contributed by atoms with Crippen molar-refractivity contribution >= 4 is 12.2 Å². The molecule has 0 amide bonds. The lowest BCUT2D eigenvalue weighted by Gasteiger charge is -2.40. The van der Waals surface area contributed by atoms with Crippen molar-refractivity contribution in [2.45, 2.75) is 73.1 Å². The average Bonchev–Trinajstić information content (AvgIpc) is 3.57. The smallest absolute Gasteiger partial charge is 0.135 e. The van der Waals surface area contributed by atoms with E-state index in [9.17, 15) is 66.4 Å². The molecular formula is C40H42O16. The number of ether oxygens (including phenoxy) is 3. The van der Waals surface area contributed by atoms with Gasteiger partial charge in [0.15, 0.2) is 0 Å². The molecule has 0 unspecified atom stereocenters. The lowest BCUT2D eigenvalue weighted by atomic mass is 9.80. The number of hydrogen-bond donors (Lipinski definition) is 13. The van der Waals surface area contributed by atoms with Crippen LogP contribution in [0.2, 0.25) is 0 Å². The molecule has 298 valence electrons. The number of benzene rings is 4. The van der Waals surface area contributed by atoms with Gasteiger partial charge >= 0.3 is 0 Å². The SMILES string of the molecule is OC[C@H]1O[C@@H](c2c(O)cc([C@@H]3c4c(/C=C/c5ccc(O)cc5)cc(O)c([C@@H]5O[C@H](CO)[C@@H](O)[C@H](O)[C@H]5O)c4O[C@H]3c3ccc(O)cc3)cc2O)[C@H](O)[C@@H](O)[C@@H]1O. The summed E-state index contributed by atoms with van der Waals surface area (Å²) in [5.41, 5.74) is 1.40. The average molecular weight is 779 g/mol. The summed E-state index contributed by atoms with van der Waals surface area (Å²) in [5.74, 6) is -2.79. The summed E-state index contributed by atoms with van der Waals surface area (Å²) in [4.78, 5) is 0. The molecule has 4 aromatic carbocycles. The van der Waals surface area contributed by atoms with Crippen LogP contribution in [0.3, 0.4) is 0 Å². The van der Waals surface area contributed by atoms with E-state index in [4.69, 9.17) is 14.2 Å². The summed E-state index contributed by atoms with van der Waals surface area (Å²) in [7, 11) is 0. The zero-order valence-electron chi connectivity index (χ0n) is 29.4. The van der Waals surface area contributed by atoms with Gasteiger partial charge in [-0.05, 0) is 64.7 Å². The van der Waals surface area contributed by atoms with Crippen LogP contribution in [-0.4, -0.2) is 128 Å². The van der Waals surface area contributed by atoms with E-state index >= 15 is 0 Å². The summed E-state index contributed by atoms with van der Waals surface area (Å²) in [5, 5.41) is 138.